The SMILES string of the molecule is C=CC(=O)Nc1cccc(Nc2nc(Nc3cncc(OC)c3)ncc2C(F)(F)F)c1. The highest BCUT2D eigenvalue weighted by Crippen LogP contribution is 2.35. The molecule has 31 heavy (non-hydrogen) atoms. The van der Waals surface area contributed by atoms with E-state index in [9.17, 15) is 18.0 Å². The number of hydrogen-bond acceptors (Lipinski definition) is 7. The molecule has 8 nitrogen and oxygen atoms in total. The highest BCUT2D eigenvalue weighted by atomic mass is 19.4. The molecule has 11 heteroatoms. The first-order chi connectivity index (χ1) is 14.8. The third kappa shape index (κ3) is 5.69. The molecule has 0 spiro atoms. The summed E-state index contributed by atoms with van der Waals surface area (Å²) in [5.74, 6) is -0.545. The van der Waals surface area contributed by atoms with Crippen LogP contribution in [0.4, 0.5) is 42.0 Å². The molecule has 0 radical (unpaired) electrons. The fourth-order valence-electron chi connectivity index (χ4n) is 2.48. The van der Waals surface area contributed by atoms with Crippen LogP contribution in [-0.2, 0) is 11.0 Å². The second kappa shape index (κ2) is 9.11. The van der Waals surface area contributed by atoms with E-state index in [-0.39, 0.29) is 11.6 Å². The molecule has 1 amide bonds. The van der Waals surface area contributed by atoms with E-state index >= 15 is 0 Å². The lowest BCUT2D eigenvalue weighted by Crippen LogP contribution is -2.13. The summed E-state index contributed by atoms with van der Waals surface area (Å²) < 4.78 is 45.5. The maximum Gasteiger partial charge on any atom is 0.421 e. The van der Waals surface area contributed by atoms with E-state index in [4.69, 9.17) is 4.74 Å². The Kier molecular flexibility index (Phi) is 6.34. The van der Waals surface area contributed by atoms with Crippen molar-refractivity contribution >= 4 is 34.7 Å². The fourth-order valence-corrected chi connectivity index (χ4v) is 2.48. The average Bonchev–Trinajstić information content (AvgIpc) is 2.73. The first-order valence-electron chi connectivity index (χ1n) is 8.79. The zero-order valence-electron chi connectivity index (χ0n) is 16.2. The van der Waals surface area contributed by atoms with E-state index < -0.39 is 23.5 Å². The smallest absolute Gasteiger partial charge is 0.421 e. The predicted molar refractivity (Wildman–Crippen MR) is 110 cm³/mol. The normalized spacial score (nSPS) is 10.8. The number of nitrogens with one attached hydrogen (secondary N) is 3. The van der Waals surface area contributed by atoms with Crippen molar-refractivity contribution in [2.75, 3.05) is 23.1 Å². The van der Waals surface area contributed by atoms with E-state index in [1.807, 2.05) is 0 Å². The molecule has 0 aliphatic rings. The highest BCUT2D eigenvalue weighted by molar-refractivity contribution is 5.99. The third-order valence-electron chi connectivity index (χ3n) is 3.88. The Labute approximate surface area is 175 Å². The van der Waals surface area contributed by atoms with Gasteiger partial charge >= 0.3 is 6.18 Å². The van der Waals surface area contributed by atoms with E-state index in [0.29, 0.717) is 23.3 Å². The molecule has 2 heterocycles. The Morgan fingerprint density at radius 1 is 1.10 bits per heavy atom. The van der Waals surface area contributed by atoms with Crippen molar-refractivity contribution in [2.45, 2.75) is 6.18 Å². The van der Waals surface area contributed by atoms with Crippen LogP contribution in [0.1, 0.15) is 5.56 Å². The van der Waals surface area contributed by atoms with Crippen molar-refractivity contribution in [3.63, 3.8) is 0 Å². The number of aromatic nitrogens is 3. The van der Waals surface area contributed by atoms with Gasteiger partial charge in [-0.3, -0.25) is 9.78 Å². The van der Waals surface area contributed by atoms with Crippen LogP contribution < -0.4 is 20.7 Å². The van der Waals surface area contributed by atoms with Gasteiger partial charge in [0.05, 0.1) is 25.2 Å². The number of pyridine rings is 1. The van der Waals surface area contributed by atoms with Crippen molar-refractivity contribution < 1.29 is 22.7 Å². The molecule has 0 aliphatic heterocycles. The minimum atomic E-state index is -4.69. The van der Waals surface area contributed by atoms with Gasteiger partial charge in [0, 0.05) is 23.6 Å². The number of hydrogen-bond donors (Lipinski definition) is 3. The Balaban J connectivity index is 1.92. The molecule has 0 saturated heterocycles. The van der Waals surface area contributed by atoms with Crippen LogP contribution in [0, 0.1) is 0 Å². The summed E-state index contributed by atoms with van der Waals surface area (Å²) in [5.41, 5.74) is 0.0277. The number of carbonyl (C=O) groups excluding carboxylic acids is 1. The van der Waals surface area contributed by atoms with E-state index in [2.05, 4.69) is 37.5 Å². The summed E-state index contributed by atoms with van der Waals surface area (Å²) in [6.45, 7) is 3.35. The van der Waals surface area contributed by atoms with Gasteiger partial charge in [-0.25, -0.2) is 4.98 Å². The number of alkyl halides is 3. The molecule has 160 valence electrons. The van der Waals surface area contributed by atoms with E-state index in [1.54, 1.807) is 18.2 Å². The van der Waals surface area contributed by atoms with Gasteiger partial charge < -0.3 is 20.7 Å². The average molecular weight is 430 g/mol. The largest absolute Gasteiger partial charge is 0.495 e. The summed E-state index contributed by atoms with van der Waals surface area (Å²) in [6.07, 6.45) is -0.00830. The van der Waals surface area contributed by atoms with Gasteiger partial charge in [-0.05, 0) is 24.3 Å². The second-order valence-corrected chi connectivity index (χ2v) is 6.09. The summed E-state index contributed by atoms with van der Waals surface area (Å²) >= 11 is 0. The van der Waals surface area contributed by atoms with Gasteiger partial charge in [0.1, 0.15) is 17.1 Å². The van der Waals surface area contributed by atoms with Crippen LogP contribution in [0.25, 0.3) is 0 Å². The van der Waals surface area contributed by atoms with Gasteiger partial charge in [-0.15, -0.1) is 0 Å². The molecule has 1 aromatic carbocycles. The quantitative estimate of drug-likeness (QED) is 0.474. The van der Waals surface area contributed by atoms with Crippen LogP contribution in [0.15, 0.2) is 61.6 Å². The lowest BCUT2D eigenvalue weighted by molar-refractivity contribution is -0.137. The summed E-state index contributed by atoms with van der Waals surface area (Å²) in [6, 6.07) is 7.73. The minimum absolute atomic E-state index is 0.0818. The van der Waals surface area contributed by atoms with Crippen molar-refractivity contribution in [3.8, 4) is 5.75 Å². The molecule has 0 fully saturated rings. The van der Waals surface area contributed by atoms with Crippen molar-refractivity contribution in [1.29, 1.82) is 0 Å². The summed E-state index contributed by atoms with van der Waals surface area (Å²) in [4.78, 5) is 23.1. The van der Waals surface area contributed by atoms with Gasteiger partial charge in [-0.2, -0.15) is 18.2 Å². The first-order valence-corrected chi connectivity index (χ1v) is 8.79. The molecule has 0 aliphatic carbocycles. The number of amides is 1. The summed E-state index contributed by atoms with van der Waals surface area (Å²) in [7, 11) is 1.46. The number of halogens is 3. The molecular formula is C20H17F3N6O2. The molecule has 0 saturated carbocycles. The zero-order chi connectivity index (χ0) is 22.4. The lowest BCUT2D eigenvalue weighted by Gasteiger charge is -2.15. The molecule has 3 rings (SSSR count). The minimum Gasteiger partial charge on any atom is -0.495 e. The zero-order valence-corrected chi connectivity index (χ0v) is 16.2. The third-order valence-corrected chi connectivity index (χ3v) is 3.88. The van der Waals surface area contributed by atoms with Crippen molar-refractivity contribution in [3.05, 3.63) is 67.1 Å². The number of nitrogens with zero attached hydrogens (tertiary/aromatic N) is 3. The predicted octanol–water partition coefficient (Wildman–Crippen LogP) is 4.51. The molecule has 3 aromatic rings. The second-order valence-electron chi connectivity index (χ2n) is 6.09. The molecule has 3 N–H and O–H groups in total. The molecule has 0 unspecified atom stereocenters. The van der Waals surface area contributed by atoms with Crippen LogP contribution in [0.5, 0.6) is 5.75 Å². The van der Waals surface area contributed by atoms with Crippen molar-refractivity contribution in [1.82, 2.24) is 15.0 Å². The maximum atomic E-state index is 13.5. The molecule has 2 aromatic heterocycles. The molecule has 0 atom stereocenters. The standard InChI is InChI=1S/C20H17F3N6O2/c1-3-17(30)26-12-5-4-6-13(7-12)27-18-16(20(21,22)23)11-25-19(29-18)28-14-8-15(31-2)10-24-9-14/h3-11H,1H2,2H3,(H,26,30)(H2,25,27,28,29). The molecular weight excluding hydrogens is 413 g/mol. The Hall–Kier alpha value is -4.15. The van der Waals surface area contributed by atoms with Crippen LogP contribution in [0.3, 0.4) is 0 Å². The van der Waals surface area contributed by atoms with Crippen LogP contribution >= 0.6 is 0 Å². The van der Waals surface area contributed by atoms with Crippen molar-refractivity contribution in [2.24, 2.45) is 0 Å². The number of ether oxygens (including phenoxy) is 1. The van der Waals surface area contributed by atoms with Gasteiger partial charge in [0.2, 0.25) is 11.9 Å². The number of carbonyl (C=O) groups is 1. The number of benzene rings is 1. The van der Waals surface area contributed by atoms with Gasteiger partial charge in [-0.1, -0.05) is 12.6 Å². The van der Waals surface area contributed by atoms with E-state index in [0.717, 1.165) is 6.08 Å². The van der Waals surface area contributed by atoms with Gasteiger partial charge in [0.25, 0.3) is 0 Å². The monoisotopic (exact) mass is 430 g/mol. The highest BCUT2D eigenvalue weighted by Gasteiger charge is 2.35. The number of methoxy groups -OCH3 is 1. The summed E-state index contributed by atoms with van der Waals surface area (Å²) in [5, 5.41) is 7.95. The lowest BCUT2D eigenvalue weighted by atomic mass is 10.2. The maximum absolute atomic E-state index is 13.5. The Morgan fingerprint density at radius 3 is 2.58 bits per heavy atom. The van der Waals surface area contributed by atoms with Gasteiger partial charge in [0.15, 0.2) is 0 Å². The van der Waals surface area contributed by atoms with Crippen LogP contribution in [0.2, 0.25) is 0 Å². The number of rotatable bonds is 7. The first kappa shape index (κ1) is 21.6. The fraction of sp³-hybridized carbons (Fsp3) is 0.100. The van der Waals surface area contributed by atoms with E-state index in [1.165, 1.54) is 31.6 Å². The van der Waals surface area contributed by atoms with Crippen LogP contribution in [-0.4, -0.2) is 28.0 Å². The number of anilines is 5. The Bertz CT molecular complexity index is 1100. The topological polar surface area (TPSA) is 101 Å². The molecule has 0 bridgehead atoms. The Morgan fingerprint density at radius 2 is 1.87 bits per heavy atom.